The molecule has 9 heavy (non-hydrogen) atoms. The summed E-state index contributed by atoms with van der Waals surface area (Å²) in [6, 6.07) is 0. The van der Waals surface area contributed by atoms with Gasteiger partial charge in [0.2, 0.25) is 0 Å². The van der Waals surface area contributed by atoms with Gasteiger partial charge in [-0.15, -0.1) is 0 Å². The van der Waals surface area contributed by atoms with Crippen molar-refractivity contribution in [1.29, 1.82) is 0 Å². The van der Waals surface area contributed by atoms with Gasteiger partial charge in [0.05, 0.1) is 5.41 Å². The molecule has 1 saturated carbocycles. The van der Waals surface area contributed by atoms with E-state index in [1.807, 2.05) is 13.8 Å². The molecule has 0 heterocycles. The third kappa shape index (κ3) is 0.732. The summed E-state index contributed by atoms with van der Waals surface area (Å²) in [5.74, 6) is -0.267. The van der Waals surface area contributed by atoms with Crippen molar-refractivity contribution < 1.29 is 9.90 Å². The minimum absolute atomic E-state index is 0.370. The summed E-state index contributed by atoms with van der Waals surface area (Å²) in [7, 11) is 0. The zero-order valence-corrected chi connectivity index (χ0v) is 5.85. The van der Waals surface area contributed by atoms with E-state index >= 15 is 0 Å². The second-order valence-corrected chi connectivity index (χ2v) is 3.16. The molecule has 0 aromatic heterocycles. The van der Waals surface area contributed by atoms with Gasteiger partial charge >= 0.3 is 5.97 Å². The molecule has 0 spiro atoms. The monoisotopic (exact) mass is 128 g/mol. The highest BCUT2D eigenvalue weighted by Crippen LogP contribution is 2.45. The first kappa shape index (κ1) is 6.59. The largest absolute Gasteiger partial charge is 0.481 e. The maximum atomic E-state index is 10.5. The van der Waals surface area contributed by atoms with Crippen molar-refractivity contribution in [3.8, 4) is 0 Å². The maximum Gasteiger partial charge on any atom is 0.309 e. The van der Waals surface area contributed by atoms with Gasteiger partial charge in [-0.1, -0.05) is 6.92 Å². The van der Waals surface area contributed by atoms with Gasteiger partial charge in [-0.05, 0) is 25.7 Å². The molecule has 1 N–H and O–H groups in total. The summed E-state index contributed by atoms with van der Waals surface area (Å²) in [5.41, 5.74) is -0.403. The number of carbonyl (C=O) groups is 1. The first-order valence-electron chi connectivity index (χ1n) is 3.31. The summed E-state index contributed by atoms with van der Waals surface area (Å²) in [4.78, 5) is 10.5. The van der Waals surface area contributed by atoms with E-state index in [2.05, 4.69) is 0 Å². The number of carboxylic acid groups (broad SMARTS) is 1. The molecule has 0 radical (unpaired) electrons. The molecule has 0 aromatic carbocycles. The third-order valence-corrected chi connectivity index (χ3v) is 2.67. The van der Waals surface area contributed by atoms with Crippen LogP contribution in [0.3, 0.4) is 0 Å². The Labute approximate surface area is 54.9 Å². The Balaban J connectivity index is 2.64. The van der Waals surface area contributed by atoms with Gasteiger partial charge in [-0.3, -0.25) is 4.79 Å². The molecule has 0 bridgehead atoms. The van der Waals surface area contributed by atoms with E-state index in [0.717, 1.165) is 12.8 Å². The van der Waals surface area contributed by atoms with Crippen LogP contribution in [0.2, 0.25) is 0 Å². The fraction of sp³-hybridized carbons (Fsp3) is 0.857. The summed E-state index contributed by atoms with van der Waals surface area (Å²) < 4.78 is 0. The van der Waals surface area contributed by atoms with Crippen LogP contribution < -0.4 is 0 Å². The number of carboxylic acids is 1. The molecule has 0 unspecified atom stereocenters. The van der Waals surface area contributed by atoms with Crippen LogP contribution >= 0.6 is 0 Å². The molecule has 1 aliphatic rings. The highest BCUT2D eigenvalue weighted by Gasteiger charge is 2.45. The lowest BCUT2D eigenvalue weighted by atomic mass is 9.62. The van der Waals surface area contributed by atoms with Crippen molar-refractivity contribution >= 4 is 5.97 Å². The van der Waals surface area contributed by atoms with E-state index in [1.54, 1.807) is 0 Å². The van der Waals surface area contributed by atoms with Gasteiger partial charge in [0.15, 0.2) is 0 Å². The molecule has 0 aromatic rings. The molecule has 1 aliphatic carbocycles. The highest BCUT2D eigenvalue weighted by atomic mass is 16.4. The van der Waals surface area contributed by atoms with Gasteiger partial charge in [0.1, 0.15) is 0 Å². The number of aliphatic carboxylic acids is 1. The molecule has 2 nitrogen and oxygen atoms in total. The average Bonchev–Trinajstić information content (AvgIpc) is 1.82. The molecule has 1 rings (SSSR count). The van der Waals surface area contributed by atoms with Crippen LogP contribution in [-0.4, -0.2) is 11.1 Å². The van der Waals surface area contributed by atoms with Crippen molar-refractivity contribution in [3.63, 3.8) is 0 Å². The maximum absolute atomic E-state index is 10.5. The SMILES string of the molecule is C[C@H]1CC[C@@]1(C)C(=O)O. The Kier molecular flexibility index (Phi) is 1.26. The summed E-state index contributed by atoms with van der Waals surface area (Å²) >= 11 is 0. The Morgan fingerprint density at radius 2 is 2.33 bits per heavy atom. The lowest BCUT2D eigenvalue weighted by molar-refractivity contribution is -0.158. The van der Waals surface area contributed by atoms with Crippen molar-refractivity contribution in [3.05, 3.63) is 0 Å². The third-order valence-electron chi connectivity index (χ3n) is 2.67. The Morgan fingerprint density at radius 1 is 1.78 bits per heavy atom. The van der Waals surface area contributed by atoms with E-state index in [9.17, 15) is 4.79 Å². The lowest BCUT2D eigenvalue weighted by Crippen LogP contribution is -2.42. The minimum Gasteiger partial charge on any atom is -0.481 e. The van der Waals surface area contributed by atoms with Crippen LogP contribution in [0.4, 0.5) is 0 Å². The Morgan fingerprint density at radius 3 is 2.33 bits per heavy atom. The highest BCUT2D eigenvalue weighted by molar-refractivity contribution is 5.75. The number of hydrogen-bond acceptors (Lipinski definition) is 1. The molecule has 0 aliphatic heterocycles. The zero-order valence-electron chi connectivity index (χ0n) is 5.85. The molecular formula is C7H12O2. The van der Waals surface area contributed by atoms with Gasteiger partial charge in [0.25, 0.3) is 0 Å². The summed E-state index contributed by atoms with van der Waals surface area (Å²) in [5, 5.41) is 8.66. The molecule has 2 heteroatoms. The van der Waals surface area contributed by atoms with Crippen LogP contribution in [0.15, 0.2) is 0 Å². The van der Waals surface area contributed by atoms with Crippen molar-refractivity contribution in [2.45, 2.75) is 26.7 Å². The lowest BCUT2D eigenvalue weighted by Gasteiger charge is -2.41. The average molecular weight is 128 g/mol. The molecule has 1 fully saturated rings. The summed E-state index contributed by atoms with van der Waals surface area (Å²) in [6.07, 6.45) is 1.92. The van der Waals surface area contributed by atoms with Crippen LogP contribution in [0, 0.1) is 11.3 Å². The second-order valence-electron chi connectivity index (χ2n) is 3.16. The van der Waals surface area contributed by atoms with E-state index in [4.69, 9.17) is 5.11 Å². The predicted molar refractivity (Wildman–Crippen MR) is 34.1 cm³/mol. The molecule has 2 atom stereocenters. The van der Waals surface area contributed by atoms with Crippen molar-refractivity contribution in [2.75, 3.05) is 0 Å². The van der Waals surface area contributed by atoms with Gasteiger partial charge in [-0.2, -0.15) is 0 Å². The van der Waals surface area contributed by atoms with Crippen LogP contribution in [0.1, 0.15) is 26.7 Å². The zero-order chi connectivity index (χ0) is 7.07. The van der Waals surface area contributed by atoms with Gasteiger partial charge in [0, 0.05) is 0 Å². The van der Waals surface area contributed by atoms with Crippen LogP contribution in [-0.2, 0) is 4.79 Å². The summed E-state index contributed by atoms with van der Waals surface area (Å²) in [6.45, 7) is 3.82. The fourth-order valence-corrected chi connectivity index (χ4v) is 1.18. The van der Waals surface area contributed by atoms with E-state index in [1.165, 1.54) is 0 Å². The van der Waals surface area contributed by atoms with Crippen LogP contribution in [0.5, 0.6) is 0 Å². The second kappa shape index (κ2) is 1.72. The Bertz CT molecular complexity index is 142. The quantitative estimate of drug-likeness (QED) is 0.581. The van der Waals surface area contributed by atoms with Crippen molar-refractivity contribution in [1.82, 2.24) is 0 Å². The first-order chi connectivity index (χ1) is 4.07. The van der Waals surface area contributed by atoms with Gasteiger partial charge < -0.3 is 5.11 Å². The molecule has 52 valence electrons. The van der Waals surface area contributed by atoms with E-state index in [0.29, 0.717) is 5.92 Å². The topological polar surface area (TPSA) is 37.3 Å². The van der Waals surface area contributed by atoms with E-state index in [-0.39, 0.29) is 0 Å². The molecular weight excluding hydrogens is 116 g/mol. The minimum atomic E-state index is -0.638. The van der Waals surface area contributed by atoms with Crippen LogP contribution in [0.25, 0.3) is 0 Å². The first-order valence-corrected chi connectivity index (χ1v) is 3.31. The Hall–Kier alpha value is -0.530. The normalized spacial score (nSPS) is 41.8. The fourth-order valence-electron chi connectivity index (χ4n) is 1.18. The standard InChI is InChI=1S/C7H12O2/c1-5-3-4-7(5,2)6(8)9/h5H,3-4H2,1-2H3,(H,8,9)/t5-,7+/m0/s1. The molecule has 0 amide bonds. The van der Waals surface area contributed by atoms with Gasteiger partial charge in [-0.25, -0.2) is 0 Å². The smallest absolute Gasteiger partial charge is 0.309 e. The van der Waals surface area contributed by atoms with E-state index < -0.39 is 11.4 Å². The van der Waals surface area contributed by atoms with Crippen molar-refractivity contribution in [2.24, 2.45) is 11.3 Å². The number of rotatable bonds is 1. The predicted octanol–water partition coefficient (Wildman–Crippen LogP) is 1.51. The number of hydrogen-bond donors (Lipinski definition) is 1. The molecule has 0 saturated heterocycles.